The molecule has 0 aliphatic carbocycles. The van der Waals surface area contributed by atoms with E-state index in [0.717, 1.165) is 28.3 Å². The SMILES string of the molecule is Cc1cccc(C)c1OC1CN(C(=O)c2cnc(-c3ccccc3)n2C)C1. The van der Waals surface area contributed by atoms with E-state index < -0.39 is 0 Å². The molecule has 0 N–H and O–H groups in total. The number of nitrogens with zero attached hydrogens (tertiary/aromatic N) is 3. The predicted octanol–water partition coefficient (Wildman–Crippen LogP) is 3.61. The summed E-state index contributed by atoms with van der Waals surface area (Å²) in [6.07, 6.45) is 1.69. The Morgan fingerprint density at radius 1 is 1.04 bits per heavy atom. The highest BCUT2D eigenvalue weighted by Crippen LogP contribution is 2.27. The maximum absolute atomic E-state index is 12.8. The lowest BCUT2D eigenvalue weighted by atomic mass is 10.1. The Morgan fingerprint density at radius 3 is 2.37 bits per heavy atom. The molecule has 0 saturated carbocycles. The van der Waals surface area contributed by atoms with Crippen LogP contribution in [0.2, 0.25) is 0 Å². The van der Waals surface area contributed by atoms with E-state index in [9.17, 15) is 4.79 Å². The van der Waals surface area contributed by atoms with E-state index in [2.05, 4.69) is 4.98 Å². The summed E-state index contributed by atoms with van der Waals surface area (Å²) in [7, 11) is 1.88. The van der Waals surface area contributed by atoms with E-state index in [1.165, 1.54) is 0 Å². The number of ether oxygens (including phenoxy) is 1. The molecule has 27 heavy (non-hydrogen) atoms. The minimum Gasteiger partial charge on any atom is -0.486 e. The number of hydrogen-bond donors (Lipinski definition) is 0. The molecule has 1 aliphatic rings. The van der Waals surface area contributed by atoms with Gasteiger partial charge in [-0.25, -0.2) is 4.98 Å². The maximum Gasteiger partial charge on any atom is 0.272 e. The van der Waals surface area contributed by atoms with Crippen molar-refractivity contribution in [3.05, 3.63) is 71.5 Å². The van der Waals surface area contributed by atoms with Crippen molar-refractivity contribution in [3.8, 4) is 17.1 Å². The number of amides is 1. The van der Waals surface area contributed by atoms with Gasteiger partial charge in [-0.2, -0.15) is 0 Å². The molecule has 138 valence electrons. The molecule has 1 saturated heterocycles. The van der Waals surface area contributed by atoms with Gasteiger partial charge in [0, 0.05) is 12.6 Å². The lowest BCUT2D eigenvalue weighted by Crippen LogP contribution is -2.56. The van der Waals surface area contributed by atoms with Gasteiger partial charge in [-0.3, -0.25) is 4.79 Å². The van der Waals surface area contributed by atoms with Crippen LogP contribution in [-0.2, 0) is 7.05 Å². The van der Waals surface area contributed by atoms with Gasteiger partial charge in [0.15, 0.2) is 0 Å². The molecule has 0 radical (unpaired) electrons. The minimum atomic E-state index is -0.00598. The molecule has 1 amide bonds. The van der Waals surface area contributed by atoms with Gasteiger partial charge in [-0.05, 0) is 25.0 Å². The second-order valence-electron chi connectivity index (χ2n) is 7.06. The lowest BCUT2D eigenvalue weighted by molar-refractivity contribution is 0.0166. The summed E-state index contributed by atoms with van der Waals surface area (Å²) < 4.78 is 7.98. The van der Waals surface area contributed by atoms with E-state index in [1.807, 2.05) is 78.9 Å². The number of carbonyl (C=O) groups excluding carboxylic acids is 1. The highest BCUT2D eigenvalue weighted by Gasteiger charge is 2.34. The van der Waals surface area contributed by atoms with Crippen molar-refractivity contribution in [3.63, 3.8) is 0 Å². The summed E-state index contributed by atoms with van der Waals surface area (Å²) in [5, 5.41) is 0. The standard InChI is InChI=1S/C22H23N3O2/c1-15-8-7-9-16(2)20(15)27-18-13-25(14-18)22(26)19-12-23-21(24(19)3)17-10-5-4-6-11-17/h4-12,18H,13-14H2,1-3H3. The molecule has 5 nitrogen and oxygen atoms in total. The molecular weight excluding hydrogens is 338 g/mol. The van der Waals surface area contributed by atoms with Gasteiger partial charge in [-0.1, -0.05) is 48.5 Å². The molecule has 1 fully saturated rings. The van der Waals surface area contributed by atoms with Gasteiger partial charge in [0.05, 0.1) is 19.3 Å². The first-order chi connectivity index (χ1) is 13.0. The number of carbonyl (C=O) groups is 1. The fraction of sp³-hybridized carbons (Fsp3) is 0.273. The number of para-hydroxylation sites is 1. The summed E-state index contributed by atoms with van der Waals surface area (Å²) in [4.78, 5) is 19.1. The third-order valence-electron chi connectivity index (χ3n) is 5.07. The van der Waals surface area contributed by atoms with E-state index >= 15 is 0 Å². The normalized spacial score (nSPS) is 14.1. The lowest BCUT2D eigenvalue weighted by Gasteiger charge is -2.39. The fourth-order valence-electron chi connectivity index (χ4n) is 3.46. The number of hydrogen-bond acceptors (Lipinski definition) is 3. The Bertz CT molecular complexity index is 952. The zero-order valence-corrected chi connectivity index (χ0v) is 15.8. The first kappa shape index (κ1) is 17.3. The van der Waals surface area contributed by atoms with Crippen LogP contribution in [0.1, 0.15) is 21.6 Å². The first-order valence-corrected chi connectivity index (χ1v) is 9.14. The Labute approximate surface area is 159 Å². The Balaban J connectivity index is 1.43. The first-order valence-electron chi connectivity index (χ1n) is 9.14. The molecule has 3 aromatic rings. The van der Waals surface area contributed by atoms with E-state index in [4.69, 9.17) is 4.74 Å². The second kappa shape index (κ2) is 6.91. The highest BCUT2D eigenvalue weighted by atomic mass is 16.5. The fourth-order valence-corrected chi connectivity index (χ4v) is 3.46. The predicted molar refractivity (Wildman–Crippen MR) is 105 cm³/mol. The van der Waals surface area contributed by atoms with Gasteiger partial charge in [0.1, 0.15) is 23.4 Å². The summed E-state index contributed by atoms with van der Waals surface area (Å²) in [5.74, 6) is 1.72. The summed E-state index contributed by atoms with van der Waals surface area (Å²) >= 11 is 0. The van der Waals surface area contributed by atoms with Crippen molar-refractivity contribution in [2.75, 3.05) is 13.1 Å². The molecule has 5 heteroatoms. The molecule has 0 unspecified atom stereocenters. The molecule has 0 spiro atoms. The molecule has 0 atom stereocenters. The molecule has 1 aliphatic heterocycles. The van der Waals surface area contributed by atoms with Gasteiger partial charge >= 0.3 is 0 Å². The zero-order chi connectivity index (χ0) is 19.0. The molecular formula is C22H23N3O2. The summed E-state index contributed by atoms with van der Waals surface area (Å²) in [6.45, 7) is 5.28. The largest absolute Gasteiger partial charge is 0.486 e. The van der Waals surface area contributed by atoms with Crippen molar-refractivity contribution in [1.82, 2.24) is 14.5 Å². The van der Waals surface area contributed by atoms with Gasteiger partial charge in [-0.15, -0.1) is 0 Å². The topological polar surface area (TPSA) is 47.4 Å². The molecule has 0 bridgehead atoms. The van der Waals surface area contributed by atoms with Crippen LogP contribution < -0.4 is 4.74 Å². The van der Waals surface area contributed by atoms with E-state index in [-0.39, 0.29) is 12.0 Å². The molecule has 2 heterocycles. The van der Waals surface area contributed by atoms with Gasteiger partial charge in [0.2, 0.25) is 0 Å². The number of aryl methyl sites for hydroxylation is 2. The monoisotopic (exact) mass is 361 g/mol. The third kappa shape index (κ3) is 3.21. The van der Waals surface area contributed by atoms with Crippen LogP contribution in [0.4, 0.5) is 0 Å². The summed E-state index contributed by atoms with van der Waals surface area (Å²) in [6, 6.07) is 16.0. The van der Waals surface area contributed by atoms with E-state index in [0.29, 0.717) is 18.8 Å². The Kier molecular flexibility index (Phi) is 4.44. The van der Waals surface area contributed by atoms with E-state index in [1.54, 1.807) is 6.20 Å². The second-order valence-corrected chi connectivity index (χ2v) is 7.06. The third-order valence-corrected chi connectivity index (χ3v) is 5.07. The van der Waals surface area contributed by atoms with Gasteiger partial charge < -0.3 is 14.2 Å². The van der Waals surface area contributed by atoms with Crippen LogP contribution in [0.5, 0.6) is 5.75 Å². The van der Waals surface area contributed by atoms with Gasteiger partial charge in [0.25, 0.3) is 5.91 Å². The van der Waals surface area contributed by atoms with Crippen LogP contribution in [0.3, 0.4) is 0 Å². The average molecular weight is 361 g/mol. The highest BCUT2D eigenvalue weighted by molar-refractivity contribution is 5.93. The molecule has 2 aromatic carbocycles. The number of imidazole rings is 1. The Morgan fingerprint density at radius 2 is 1.70 bits per heavy atom. The van der Waals surface area contributed by atoms with Crippen LogP contribution in [0.25, 0.3) is 11.4 Å². The number of aromatic nitrogens is 2. The number of benzene rings is 2. The molecule has 4 rings (SSSR count). The number of rotatable bonds is 4. The van der Waals surface area contributed by atoms with Crippen LogP contribution in [-0.4, -0.2) is 39.6 Å². The Hall–Kier alpha value is -3.08. The van der Waals surface area contributed by atoms with Crippen molar-refractivity contribution >= 4 is 5.91 Å². The zero-order valence-electron chi connectivity index (χ0n) is 15.8. The van der Waals surface area contributed by atoms with Crippen molar-refractivity contribution < 1.29 is 9.53 Å². The summed E-state index contributed by atoms with van der Waals surface area (Å²) in [5.41, 5.74) is 3.84. The van der Waals surface area contributed by atoms with Crippen molar-refractivity contribution in [2.45, 2.75) is 20.0 Å². The quantitative estimate of drug-likeness (QED) is 0.713. The molecule has 1 aromatic heterocycles. The smallest absolute Gasteiger partial charge is 0.272 e. The maximum atomic E-state index is 12.8. The van der Waals surface area contributed by atoms with Crippen LogP contribution in [0.15, 0.2) is 54.7 Å². The van der Waals surface area contributed by atoms with Crippen LogP contribution >= 0.6 is 0 Å². The van der Waals surface area contributed by atoms with Crippen molar-refractivity contribution in [1.29, 1.82) is 0 Å². The van der Waals surface area contributed by atoms with Crippen molar-refractivity contribution in [2.24, 2.45) is 7.05 Å². The van der Waals surface area contributed by atoms with Crippen LogP contribution in [0, 0.1) is 13.8 Å². The minimum absolute atomic E-state index is 0.00598. The average Bonchev–Trinajstić information content (AvgIpc) is 3.01. The number of likely N-dealkylation sites (tertiary alicyclic amines) is 1.